The van der Waals surface area contributed by atoms with Gasteiger partial charge in [0.15, 0.2) is 11.6 Å². The number of nitrogens with two attached hydrogens (primary N) is 1. The van der Waals surface area contributed by atoms with Crippen LogP contribution in [0.4, 0.5) is 11.6 Å². The lowest BCUT2D eigenvalue weighted by Crippen LogP contribution is -2.20. The van der Waals surface area contributed by atoms with E-state index in [1.807, 2.05) is 52.9 Å². The zero-order valence-corrected chi connectivity index (χ0v) is 15.2. The van der Waals surface area contributed by atoms with Gasteiger partial charge >= 0.3 is 0 Å². The first kappa shape index (κ1) is 16.8. The van der Waals surface area contributed by atoms with Gasteiger partial charge in [-0.1, -0.05) is 6.07 Å². The van der Waals surface area contributed by atoms with E-state index in [9.17, 15) is 0 Å². The Morgan fingerprint density at radius 3 is 2.70 bits per heavy atom. The second kappa shape index (κ2) is 6.95. The Balaban J connectivity index is 1.61. The van der Waals surface area contributed by atoms with Crippen molar-refractivity contribution in [3.8, 4) is 17.0 Å². The number of benzene rings is 1. The molecule has 7 nitrogen and oxygen atoms in total. The molecule has 0 atom stereocenters. The van der Waals surface area contributed by atoms with E-state index >= 15 is 0 Å². The van der Waals surface area contributed by atoms with Crippen molar-refractivity contribution in [2.24, 2.45) is 0 Å². The van der Waals surface area contributed by atoms with Gasteiger partial charge in [-0.15, -0.1) is 0 Å². The molecule has 3 aromatic heterocycles. The molecule has 0 bridgehead atoms. The molecule has 0 spiro atoms. The summed E-state index contributed by atoms with van der Waals surface area (Å²) < 4.78 is 7.20. The fourth-order valence-corrected chi connectivity index (χ4v) is 2.98. The van der Waals surface area contributed by atoms with Crippen LogP contribution in [0.2, 0.25) is 0 Å². The van der Waals surface area contributed by atoms with Crippen LogP contribution in [0.25, 0.3) is 16.9 Å². The summed E-state index contributed by atoms with van der Waals surface area (Å²) in [5.41, 5.74) is 9.85. The van der Waals surface area contributed by atoms with E-state index in [0.29, 0.717) is 18.2 Å². The maximum absolute atomic E-state index is 6.09. The molecule has 1 aromatic carbocycles. The summed E-state index contributed by atoms with van der Waals surface area (Å²) in [6.07, 6.45) is 7.45. The number of ether oxygens (including phenoxy) is 1. The van der Waals surface area contributed by atoms with Crippen LogP contribution in [0.5, 0.6) is 5.75 Å². The smallest absolute Gasteiger partial charge is 0.172 e. The summed E-state index contributed by atoms with van der Waals surface area (Å²) in [6.45, 7) is 0.652. The molecule has 0 saturated carbocycles. The third kappa shape index (κ3) is 3.39. The minimum Gasteiger partial charge on any atom is -0.497 e. The molecule has 0 aliphatic rings. The fraction of sp³-hybridized carbons (Fsp3) is 0.150. The summed E-state index contributed by atoms with van der Waals surface area (Å²) >= 11 is 0. The van der Waals surface area contributed by atoms with Gasteiger partial charge < -0.3 is 19.8 Å². The van der Waals surface area contributed by atoms with E-state index in [-0.39, 0.29) is 0 Å². The largest absolute Gasteiger partial charge is 0.497 e. The Morgan fingerprint density at radius 1 is 1.11 bits per heavy atom. The van der Waals surface area contributed by atoms with Crippen molar-refractivity contribution in [3.63, 3.8) is 0 Å². The first-order valence-electron chi connectivity index (χ1n) is 8.54. The lowest BCUT2D eigenvalue weighted by molar-refractivity contribution is 0.415. The highest BCUT2D eigenvalue weighted by molar-refractivity contribution is 5.66. The first-order valence-corrected chi connectivity index (χ1v) is 8.54. The van der Waals surface area contributed by atoms with E-state index in [4.69, 9.17) is 15.5 Å². The molecule has 0 unspecified atom stereocenters. The minimum atomic E-state index is 0.401. The van der Waals surface area contributed by atoms with Crippen molar-refractivity contribution < 1.29 is 4.74 Å². The molecule has 0 aliphatic heterocycles. The minimum absolute atomic E-state index is 0.401. The second-order valence-corrected chi connectivity index (χ2v) is 6.28. The van der Waals surface area contributed by atoms with Gasteiger partial charge in [-0.25, -0.2) is 15.0 Å². The number of fused-ring (bicyclic) bond motifs is 1. The Hall–Kier alpha value is -3.61. The first-order chi connectivity index (χ1) is 13.1. The van der Waals surface area contributed by atoms with Crippen molar-refractivity contribution in [3.05, 3.63) is 66.7 Å². The summed E-state index contributed by atoms with van der Waals surface area (Å²) in [5.74, 6) is 1.85. The van der Waals surface area contributed by atoms with Gasteiger partial charge in [0.2, 0.25) is 0 Å². The summed E-state index contributed by atoms with van der Waals surface area (Å²) in [4.78, 5) is 15.3. The van der Waals surface area contributed by atoms with Crippen LogP contribution in [0.3, 0.4) is 0 Å². The van der Waals surface area contributed by atoms with E-state index in [1.165, 1.54) is 0 Å². The third-order valence-corrected chi connectivity index (χ3v) is 4.40. The molecule has 0 saturated heterocycles. The normalized spacial score (nSPS) is 10.9. The van der Waals surface area contributed by atoms with Crippen molar-refractivity contribution in [1.82, 2.24) is 19.4 Å². The number of rotatable bonds is 5. The third-order valence-electron chi connectivity index (χ3n) is 4.40. The molecular weight excluding hydrogens is 340 g/mol. The predicted molar refractivity (Wildman–Crippen MR) is 106 cm³/mol. The highest BCUT2D eigenvalue weighted by Crippen LogP contribution is 2.25. The number of hydrogen-bond donors (Lipinski definition) is 1. The molecule has 136 valence electrons. The van der Waals surface area contributed by atoms with Crippen molar-refractivity contribution in [1.29, 1.82) is 0 Å². The molecule has 0 amide bonds. The molecular formula is C20H20N6O. The van der Waals surface area contributed by atoms with Gasteiger partial charge in [0.1, 0.15) is 11.4 Å². The van der Waals surface area contributed by atoms with E-state index in [0.717, 1.165) is 28.2 Å². The Kier molecular flexibility index (Phi) is 4.33. The molecule has 3 heterocycles. The monoisotopic (exact) mass is 360 g/mol. The SMILES string of the molecule is COc1ccc(-c2cnc(N)c(N(C)Cc3ccc4nccn4c3)n2)cc1. The zero-order chi connectivity index (χ0) is 18.8. The summed E-state index contributed by atoms with van der Waals surface area (Å²) in [6, 6.07) is 11.8. The van der Waals surface area contributed by atoms with Crippen LogP contribution in [0.15, 0.2) is 61.2 Å². The van der Waals surface area contributed by atoms with Gasteiger partial charge in [0.05, 0.1) is 19.0 Å². The van der Waals surface area contributed by atoms with Gasteiger partial charge in [0, 0.05) is 37.7 Å². The number of pyridine rings is 1. The van der Waals surface area contributed by atoms with Crippen molar-refractivity contribution in [2.75, 3.05) is 24.8 Å². The van der Waals surface area contributed by atoms with Gasteiger partial charge in [0.25, 0.3) is 0 Å². The number of nitrogen functional groups attached to an aromatic ring is 1. The quantitative estimate of drug-likeness (QED) is 0.589. The van der Waals surface area contributed by atoms with Crippen LogP contribution < -0.4 is 15.4 Å². The molecule has 0 radical (unpaired) electrons. The number of anilines is 2. The van der Waals surface area contributed by atoms with E-state index in [2.05, 4.69) is 22.2 Å². The number of imidazole rings is 1. The van der Waals surface area contributed by atoms with Crippen molar-refractivity contribution >= 4 is 17.3 Å². The van der Waals surface area contributed by atoms with Crippen LogP contribution in [-0.2, 0) is 6.54 Å². The van der Waals surface area contributed by atoms with Gasteiger partial charge in [-0.3, -0.25) is 0 Å². The maximum Gasteiger partial charge on any atom is 0.172 e. The predicted octanol–water partition coefficient (Wildman–Crippen LogP) is 3.02. The lowest BCUT2D eigenvalue weighted by Gasteiger charge is -2.20. The van der Waals surface area contributed by atoms with Crippen molar-refractivity contribution in [2.45, 2.75) is 6.54 Å². The average molecular weight is 360 g/mol. The summed E-state index contributed by atoms with van der Waals surface area (Å²) in [7, 11) is 3.60. The standard InChI is InChI=1S/C20H20N6O/c1-25(12-14-3-8-18-22-9-10-26(18)13-14)20-19(21)23-11-17(24-20)15-4-6-16(27-2)7-5-15/h3-11,13H,12H2,1-2H3,(H2,21,23). The second-order valence-electron chi connectivity index (χ2n) is 6.28. The van der Waals surface area contributed by atoms with Crippen LogP contribution in [0, 0.1) is 0 Å². The molecule has 4 aromatic rings. The molecule has 7 heteroatoms. The Labute approximate surface area is 157 Å². The van der Waals surface area contributed by atoms with Crippen LogP contribution in [0.1, 0.15) is 5.56 Å². The summed E-state index contributed by atoms with van der Waals surface area (Å²) in [5, 5.41) is 0. The molecule has 2 N–H and O–H groups in total. The maximum atomic E-state index is 6.09. The topological polar surface area (TPSA) is 81.6 Å². The van der Waals surface area contributed by atoms with Crippen LogP contribution >= 0.6 is 0 Å². The molecule has 27 heavy (non-hydrogen) atoms. The Morgan fingerprint density at radius 2 is 1.93 bits per heavy atom. The van der Waals surface area contributed by atoms with E-state index in [1.54, 1.807) is 19.5 Å². The van der Waals surface area contributed by atoms with Crippen LogP contribution in [-0.4, -0.2) is 33.5 Å². The van der Waals surface area contributed by atoms with Gasteiger partial charge in [-0.2, -0.15) is 0 Å². The Bertz CT molecular complexity index is 1070. The number of hydrogen-bond acceptors (Lipinski definition) is 6. The highest BCUT2D eigenvalue weighted by atomic mass is 16.5. The highest BCUT2D eigenvalue weighted by Gasteiger charge is 2.12. The molecule has 0 aliphatic carbocycles. The molecule has 0 fully saturated rings. The zero-order valence-electron chi connectivity index (χ0n) is 15.2. The fourth-order valence-electron chi connectivity index (χ4n) is 2.98. The number of methoxy groups -OCH3 is 1. The van der Waals surface area contributed by atoms with Gasteiger partial charge in [-0.05, 0) is 35.9 Å². The average Bonchev–Trinajstić information content (AvgIpc) is 3.16. The number of aromatic nitrogens is 4. The number of nitrogens with zero attached hydrogens (tertiary/aromatic N) is 5. The van der Waals surface area contributed by atoms with E-state index < -0.39 is 0 Å². The molecule has 4 rings (SSSR count). The lowest BCUT2D eigenvalue weighted by atomic mass is 10.1.